The van der Waals surface area contributed by atoms with Crippen LogP contribution in [0.25, 0.3) is 0 Å². The molecule has 0 saturated carbocycles. The van der Waals surface area contributed by atoms with E-state index in [-0.39, 0.29) is 0 Å². The van der Waals surface area contributed by atoms with Gasteiger partial charge in [0.15, 0.2) is 0 Å². The molecule has 0 aromatic carbocycles. The number of hydrogen-bond acceptors (Lipinski definition) is 3. The fraction of sp³-hybridized carbons (Fsp3) is 0.556. The predicted molar refractivity (Wildman–Crippen MR) is 49.6 cm³/mol. The topological polar surface area (TPSA) is 75.3 Å². The van der Waals surface area contributed by atoms with Crippen molar-refractivity contribution in [2.45, 2.75) is 19.4 Å². The van der Waals surface area contributed by atoms with Crippen LogP contribution in [0.3, 0.4) is 0 Å². The van der Waals surface area contributed by atoms with E-state index in [9.17, 15) is 9.90 Å². The molecule has 0 aliphatic carbocycles. The van der Waals surface area contributed by atoms with Gasteiger partial charge in [-0.05, 0) is 6.42 Å². The van der Waals surface area contributed by atoms with Crippen molar-refractivity contribution in [1.29, 1.82) is 0 Å². The van der Waals surface area contributed by atoms with Crippen molar-refractivity contribution in [3.05, 3.63) is 18.2 Å². The maximum Gasteiger partial charge on any atom is 0.309 e. The first-order chi connectivity index (χ1) is 6.57. The number of aliphatic carboxylic acids is 1. The molecular formula is C9H14N2O3. The summed E-state index contributed by atoms with van der Waals surface area (Å²) < 4.78 is 1.62. The summed E-state index contributed by atoms with van der Waals surface area (Å²) >= 11 is 0. The Labute approximate surface area is 82.0 Å². The Morgan fingerprint density at radius 3 is 2.71 bits per heavy atom. The Balaban J connectivity index is 2.88. The quantitative estimate of drug-likeness (QED) is 0.741. The zero-order valence-corrected chi connectivity index (χ0v) is 8.21. The van der Waals surface area contributed by atoms with Gasteiger partial charge in [-0.15, -0.1) is 0 Å². The number of imidazole rings is 1. The van der Waals surface area contributed by atoms with Crippen LogP contribution in [0.5, 0.6) is 0 Å². The lowest BCUT2D eigenvalue weighted by Crippen LogP contribution is -2.22. The minimum Gasteiger partial charge on any atom is -0.481 e. The van der Waals surface area contributed by atoms with E-state index < -0.39 is 18.0 Å². The highest BCUT2D eigenvalue weighted by Crippen LogP contribution is 2.23. The Bertz CT molecular complexity index is 322. The molecule has 78 valence electrons. The van der Waals surface area contributed by atoms with E-state index in [1.165, 1.54) is 12.5 Å². The molecule has 5 nitrogen and oxygen atoms in total. The molecule has 2 unspecified atom stereocenters. The Morgan fingerprint density at radius 2 is 2.36 bits per heavy atom. The smallest absolute Gasteiger partial charge is 0.309 e. The second kappa shape index (κ2) is 4.23. The number of carbonyl (C=O) groups is 1. The van der Waals surface area contributed by atoms with Crippen LogP contribution in [0.2, 0.25) is 0 Å². The molecule has 2 atom stereocenters. The number of nitrogens with zero attached hydrogens (tertiary/aromatic N) is 2. The van der Waals surface area contributed by atoms with Gasteiger partial charge in [0.05, 0.1) is 24.1 Å². The van der Waals surface area contributed by atoms with Crippen LogP contribution in [0, 0.1) is 5.92 Å². The Hall–Kier alpha value is -1.36. The SMILES string of the molecule is CCC(C(=O)O)C(O)c1cncn1C. The molecule has 0 spiro atoms. The summed E-state index contributed by atoms with van der Waals surface area (Å²) in [5.74, 6) is -1.76. The lowest BCUT2D eigenvalue weighted by molar-refractivity contribution is -0.146. The van der Waals surface area contributed by atoms with E-state index in [0.717, 1.165) is 0 Å². The molecule has 0 fully saturated rings. The number of aliphatic hydroxyl groups excluding tert-OH is 1. The van der Waals surface area contributed by atoms with Crippen LogP contribution in [-0.2, 0) is 11.8 Å². The van der Waals surface area contributed by atoms with Gasteiger partial charge in [0.1, 0.15) is 6.10 Å². The van der Waals surface area contributed by atoms with Crippen LogP contribution >= 0.6 is 0 Å². The molecule has 0 radical (unpaired) electrons. The molecule has 2 N–H and O–H groups in total. The highest BCUT2D eigenvalue weighted by Gasteiger charge is 2.27. The number of carboxylic acids is 1. The molecule has 1 heterocycles. The van der Waals surface area contributed by atoms with Crippen LogP contribution in [0.4, 0.5) is 0 Å². The molecule has 0 amide bonds. The van der Waals surface area contributed by atoms with E-state index in [0.29, 0.717) is 12.1 Å². The van der Waals surface area contributed by atoms with Crippen LogP contribution in [0.1, 0.15) is 25.1 Å². The van der Waals surface area contributed by atoms with Gasteiger partial charge in [-0.3, -0.25) is 4.79 Å². The first-order valence-electron chi connectivity index (χ1n) is 4.45. The molecular weight excluding hydrogens is 184 g/mol. The third kappa shape index (κ3) is 1.93. The standard InChI is InChI=1S/C9H14N2O3/c1-3-6(9(13)14)8(12)7-4-10-5-11(7)2/h4-6,8,12H,3H2,1-2H3,(H,13,14). The molecule has 1 aromatic rings. The fourth-order valence-electron chi connectivity index (χ4n) is 1.39. The largest absolute Gasteiger partial charge is 0.481 e. The molecule has 0 saturated heterocycles. The van der Waals surface area contributed by atoms with E-state index in [1.54, 1.807) is 18.5 Å². The zero-order valence-electron chi connectivity index (χ0n) is 8.21. The third-order valence-electron chi connectivity index (χ3n) is 2.30. The summed E-state index contributed by atoms with van der Waals surface area (Å²) in [5.41, 5.74) is 0.527. The lowest BCUT2D eigenvalue weighted by Gasteiger charge is -2.17. The monoisotopic (exact) mass is 198 g/mol. The zero-order chi connectivity index (χ0) is 10.7. The van der Waals surface area contributed by atoms with Gasteiger partial charge in [0.2, 0.25) is 0 Å². The molecule has 0 aliphatic rings. The summed E-state index contributed by atoms with van der Waals surface area (Å²) in [4.78, 5) is 14.6. The van der Waals surface area contributed by atoms with Crippen molar-refractivity contribution in [3.8, 4) is 0 Å². The number of aliphatic hydroxyl groups is 1. The summed E-state index contributed by atoms with van der Waals surface area (Å²) in [6.45, 7) is 1.73. The maximum absolute atomic E-state index is 10.8. The average Bonchev–Trinajstić information content (AvgIpc) is 2.51. The van der Waals surface area contributed by atoms with E-state index in [2.05, 4.69) is 4.98 Å². The molecule has 0 bridgehead atoms. The molecule has 1 rings (SSSR count). The highest BCUT2D eigenvalue weighted by molar-refractivity contribution is 5.70. The third-order valence-corrected chi connectivity index (χ3v) is 2.30. The molecule has 5 heteroatoms. The van der Waals surface area contributed by atoms with Gasteiger partial charge < -0.3 is 14.8 Å². The Kier molecular flexibility index (Phi) is 3.24. The second-order valence-electron chi connectivity index (χ2n) is 3.23. The lowest BCUT2D eigenvalue weighted by atomic mass is 9.97. The van der Waals surface area contributed by atoms with Crippen molar-refractivity contribution >= 4 is 5.97 Å². The van der Waals surface area contributed by atoms with Gasteiger partial charge in [-0.1, -0.05) is 6.92 Å². The minimum atomic E-state index is -0.995. The molecule has 14 heavy (non-hydrogen) atoms. The molecule has 1 aromatic heterocycles. The summed E-state index contributed by atoms with van der Waals surface area (Å²) in [7, 11) is 1.72. The van der Waals surface area contributed by atoms with Crippen molar-refractivity contribution in [3.63, 3.8) is 0 Å². The van der Waals surface area contributed by atoms with Crippen molar-refractivity contribution in [2.24, 2.45) is 13.0 Å². The van der Waals surface area contributed by atoms with Crippen LogP contribution < -0.4 is 0 Å². The minimum absolute atomic E-state index is 0.391. The number of carboxylic acid groups (broad SMARTS) is 1. The van der Waals surface area contributed by atoms with Crippen molar-refractivity contribution in [2.75, 3.05) is 0 Å². The van der Waals surface area contributed by atoms with Crippen LogP contribution in [-0.4, -0.2) is 25.7 Å². The average molecular weight is 198 g/mol. The van der Waals surface area contributed by atoms with E-state index in [4.69, 9.17) is 5.11 Å². The summed E-state index contributed by atoms with van der Waals surface area (Å²) in [5, 5.41) is 18.6. The van der Waals surface area contributed by atoms with Gasteiger partial charge in [0.25, 0.3) is 0 Å². The normalized spacial score (nSPS) is 15.1. The highest BCUT2D eigenvalue weighted by atomic mass is 16.4. The number of rotatable bonds is 4. The predicted octanol–water partition coefficient (Wildman–Crippen LogP) is 0.564. The van der Waals surface area contributed by atoms with E-state index in [1.807, 2.05) is 0 Å². The fourth-order valence-corrected chi connectivity index (χ4v) is 1.39. The van der Waals surface area contributed by atoms with Gasteiger partial charge in [-0.25, -0.2) is 4.98 Å². The van der Waals surface area contributed by atoms with E-state index >= 15 is 0 Å². The number of aryl methyl sites for hydroxylation is 1. The number of aromatic nitrogens is 2. The second-order valence-corrected chi connectivity index (χ2v) is 3.23. The first-order valence-corrected chi connectivity index (χ1v) is 4.45. The first kappa shape index (κ1) is 10.7. The maximum atomic E-state index is 10.8. The molecule has 0 aliphatic heterocycles. The summed E-state index contributed by atoms with van der Waals surface area (Å²) in [6.07, 6.45) is 2.41. The summed E-state index contributed by atoms with van der Waals surface area (Å²) in [6, 6.07) is 0. The van der Waals surface area contributed by atoms with Crippen LogP contribution in [0.15, 0.2) is 12.5 Å². The van der Waals surface area contributed by atoms with Gasteiger partial charge >= 0.3 is 5.97 Å². The van der Waals surface area contributed by atoms with Crippen molar-refractivity contribution < 1.29 is 15.0 Å². The number of hydrogen-bond donors (Lipinski definition) is 2. The van der Waals surface area contributed by atoms with Gasteiger partial charge in [0, 0.05) is 7.05 Å². The van der Waals surface area contributed by atoms with Gasteiger partial charge in [-0.2, -0.15) is 0 Å². The Morgan fingerprint density at radius 1 is 1.71 bits per heavy atom. The van der Waals surface area contributed by atoms with Crippen molar-refractivity contribution in [1.82, 2.24) is 9.55 Å².